The molecule has 28 heavy (non-hydrogen) atoms. The van der Waals surface area contributed by atoms with Crippen molar-refractivity contribution < 1.29 is 4.42 Å². The van der Waals surface area contributed by atoms with E-state index in [1.54, 1.807) is 0 Å². The van der Waals surface area contributed by atoms with Crippen molar-refractivity contribution in [2.45, 2.75) is 31.7 Å². The van der Waals surface area contributed by atoms with Gasteiger partial charge in [-0.3, -0.25) is 0 Å². The molecular formula is C21H25ClN4O2. The van der Waals surface area contributed by atoms with Gasteiger partial charge in [0.25, 0.3) is 0 Å². The number of nitrogens with two attached hydrogens (primary N) is 1. The molecule has 1 aliphatic carbocycles. The summed E-state index contributed by atoms with van der Waals surface area (Å²) in [5.41, 5.74) is 10.1. The number of rotatable bonds is 5. The van der Waals surface area contributed by atoms with Gasteiger partial charge in [0.1, 0.15) is 0 Å². The topological polar surface area (TPSA) is 96.9 Å². The third-order valence-corrected chi connectivity index (χ3v) is 5.26. The second kappa shape index (κ2) is 9.08. The van der Waals surface area contributed by atoms with Gasteiger partial charge in [0, 0.05) is 29.4 Å². The van der Waals surface area contributed by atoms with Gasteiger partial charge in [-0.25, -0.2) is 9.89 Å². The summed E-state index contributed by atoms with van der Waals surface area (Å²) in [6.07, 6.45) is 4.50. The Kier molecular flexibility index (Phi) is 6.54. The highest BCUT2D eigenvalue weighted by Crippen LogP contribution is 2.33. The molecule has 2 aromatic carbocycles. The first-order valence-electron chi connectivity index (χ1n) is 9.44. The number of aromatic amines is 1. The molecule has 0 spiro atoms. The molecule has 0 atom stereocenters. The Bertz CT molecular complexity index is 946. The maximum atomic E-state index is 11.3. The van der Waals surface area contributed by atoms with Crippen LogP contribution in [0.3, 0.4) is 0 Å². The predicted octanol–water partition coefficient (Wildman–Crippen LogP) is 4.05. The maximum absolute atomic E-state index is 11.3. The molecule has 6 nitrogen and oxygen atoms in total. The Morgan fingerprint density at radius 2 is 1.82 bits per heavy atom. The summed E-state index contributed by atoms with van der Waals surface area (Å²) in [5.74, 6) is 0.372. The summed E-state index contributed by atoms with van der Waals surface area (Å²) in [6.45, 7) is 0.903. The van der Waals surface area contributed by atoms with E-state index in [9.17, 15) is 4.79 Å². The quantitative estimate of drug-likeness (QED) is 0.600. The van der Waals surface area contributed by atoms with Crippen LogP contribution in [0, 0.1) is 5.92 Å². The molecule has 4 N–H and O–H groups in total. The van der Waals surface area contributed by atoms with Crippen molar-refractivity contribution in [3.05, 3.63) is 59.1 Å². The molecule has 1 fully saturated rings. The summed E-state index contributed by atoms with van der Waals surface area (Å²) in [4.78, 5) is 11.3. The van der Waals surface area contributed by atoms with Crippen molar-refractivity contribution >= 4 is 18.1 Å². The largest absolute Gasteiger partial charge is 0.434 e. The first-order chi connectivity index (χ1) is 13.2. The zero-order valence-corrected chi connectivity index (χ0v) is 16.4. The van der Waals surface area contributed by atoms with Crippen LogP contribution in [-0.4, -0.2) is 22.8 Å². The number of hydrogen-bond donors (Lipinski definition) is 3. The van der Waals surface area contributed by atoms with E-state index < -0.39 is 5.76 Å². The van der Waals surface area contributed by atoms with Crippen molar-refractivity contribution in [3.8, 4) is 22.6 Å². The Balaban J connectivity index is 0.00000225. The Morgan fingerprint density at radius 3 is 2.50 bits per heavy atom. The van der Waals surface area contributed by atoms with E-state index >= 15 is 0 Å². The lowest BCUT2D eigenvalue weighted by atomic mass is 9.86. The molecule has 1 aromatic heterocycles. The molecular weight excluding hydrogens is 376 g/mol. The minimum absolute atomic E-state index is 0. The van der Waals surface area contributed by atoms with Crippen molar-refractivity contribution in [2.75, 3.05) is 11.9 Å². The summed E-state index contributed by atoms with van der Waals surface area (Å²) >= 11 is 0. The second-order valence-electron chi connectivity index (χ2n) is 7.21. The highest BCUT2D eigenvalue weighted by Gasteiger charge is 2.19. The van der Waals surface area contributed by atoms with Crippen LogP contribution in [-0.2, 0) is 0 Å². The maximum Gasteiger partial charge on any atom is 0.434 e. The smallest absolute Gasteiger partial charge is 0.388 e. The average molecular weight is 401 g/mol. The lowest BCUT2D eigenvalue weighted by Crippen LogP contribution is -2.29. The number of anilines is 1. The molecule has 7 heteroatoms. The van der Waals surface area contributed by atoms with Gasteiger partial charge in [-0.1, -0.05) is 36.4 Å². The summed E-state index contributed by atoms with van der Waals surface area (Å²) in [6, 6.07) is 16.6. The zero-order valence-electron chi connectivity index (χ0n) is 15.6. The highest BCUT2D eigenvalue weighted by molar-refractivity contribution is 5.85. The Hall–Kier alpha value is -2.57. The van der Waals surface area contributed by atoms with Gasteiger partial charge in [0.2, 0.25) is 5.89 Å². The molecule has 3 aromatic rings. The fourth-order valence-electron chi connectivity index (χ4n) is 3.69. The van der Waals surface area contributed by atoms with Gasteiger partial charge in [0.05, 0.1) is 0 Å². The zero-order chi connectivity index (χ0) is 18.6. The molecule has 0 unspecified atom stereocenters. The van der Waals surface area contributed by atoms with Crippen LogP contribution >= 0.6 is 12.4 Å². The number of benzene rings is 2. The average Bonchev–Trinajstić information content (AvgIpc) is 3.14. The summed E-state index contributed by atoms with van der Waals surface area (Å²) < 4.78 is 5.11. The molecule has 0 aliphatic heterocycles. The van der Waals surface area contributed by atoms with E-state index in [4.69, 9.17) is 10.2 Å². The summed E-state index contributed by atoms with van der Waals surface area (Å²) in [7, 11) is 0. The van der Waals surface area contributed by atoms with E-state index in [1.165, 1.54) is 0 Å². The first-order valence-corrected chi connectivity index (χ1v) is 9.44. The van der Waals surface area contributed by atoms with Gasteiger partial charge in [-0.15, -0.1) is 17.5 Å². The normalized spacial score (nSPS) is 19.0. The van der Waals surface area contributed by atoms with Crippen molar-refractivity contribution in [1.29, 1.82) is 0 Å². The fourth-order valence-corrected chi connectivity index (χ4v) is 3.69. The number of H-pyrrole nitrogens is 1. The number of nitrogens with zero attached hydrogens (tertiary/aromatic N) is 1. The van der Waals surface area contributed by atoms with Crippen LogP contribution in [0.15, 0.2) is 57.7 Å². The molecule has 1 saturated carbocycles. The van der Waals surface area contributed by atoms with E-state index in [0.29, 0.717) is 17.9 Å². The third kappa shape index (κ3) is 4.64. The molecule has 4 rings (SSSR count). The van der Waals surface area contributed by atoms with Crippen LogP contribution < -0.4 is 16.8 Å². The predicted molar refractivity (Wildman–Crippen MR) is 114 cm³/mol. The molecule has 148 valence electrons. The molecule has 1 heterocycles. The summed E-state index contributed by atoms with van der Waals surface area (Å²) in [5, 5.41) is 9.87. The van der Waals surface area contributed by atoms with Gasteiger partial charge >= 0.3 is 5.76 Å². The van der Waals surface area contributed by atoms with Gasteiger partial charge in [-0.2, -0.15) is 0 Å². The number of nitrogens with one attached hydrogen (secondary N) is 2. The number of aromatic nitrogens is 2. The van der Waals surface area contributed by atoms with Crippen molar-refractivity contribution in [3.63, 3.8) is 0 Å². The van der Waals surface area contributed by atoms with Gasteiger partial charge in [0.15, 0.2) is 0 Å². The van der Waals surface area contributed by atoms with Crippen LogP contribution in [0.5, 0.6) is 0 Å². The highest BCUT2D eigenvalue weighted by atomic mass is 35.5. The van der Waals surface area contributed by atoms with Crippen LogP contribution in [0.2, 0.25) is 0 Å². The molecule has 1 aliphatic rings. The van der Waals surface area contributed by atoms with Crippen LogP contribution in [0.25, 0.3) is 22.6 Å². The molecule has 0 bridgehead atoms. The molecule has 0 radical (unpaired) electrons. The first kappa shape index (κ1) is 20.2. The minimum Gasteiger partial charge on any atom is -0.388 e. The van der Waals surface area contributed by atoms with E-state index in [-0.39, 0.29) is 12.4 Å². The van der Waals surface area contributed by atoms with Crippen molar-refractivity contribution in [1.82, 2.24) is 10.2 Å². The van der Waals surface area contributed by atoms with Gasteiger partial charge < -0.3 is 15.5 Å². The standard InChI is InChI=1S/C21H24N4O2.ClH/c22-17-9-6-14(7-10-17)13-23-19-12-16(20-24-25-21(26)27-20)8-11-18(19)15-4-2-1-3-5-15;/h1-5,8,11-12,14,17,23H,6-7,9-10,13,22H2,(H,25,26);1H/t14-,17-;. The molecule has 0 saturated heterocycles. The van der Waals surface area contributed by atoms with Crippen molar-refractivity contribution in [2.24, 2.45) is 11.7 Å². The lowest BCUT2D eigenvalue weighted by molar-refractivity contribution is 0.339. The Labute approximate surface area is 170 Å². The Morgan fingerprint density at radius 1 is 1.07 bits per heavy atom. The minimum atomic E-state index is -0.551. The van der Waals surface area contributed by atoms with Gasteiger partial charge in [-0.05, 0) is 49.3 Å². The molecule has 0 amide bonds. The van der Waals surface area contributed by atoms with E-state index in [2.05, 4.69) is 27.6 Å². The third-order valence-electron chi connectivity index (χ3n) is 5.26. The SMILES string of the molecule is Cl.N[C@H]1CC[C@H](CNc2cc(-c3n[nH]c(=O)o3)ccc2-c2ccccc2)CC1. The van der Waals surface area contributed by atoms with E-state index in [1.807, 2.05) is 36.4 Å². The lowest BCUT2D eigenvalue weighted by Gasteiger charge is -2.27. The second-order valence-corrected chi connectivity index (χ2v) is 7.21. The number of hydrogen-bond acceptors (Lipinski definition) is 5. The van der Waals surface area contributed by atoms with Crippen LogP contribution in [0.1, 0.15) is 25.7 Å². The number of halogens is 1. The van der Waals surface area contributed by atoms with Crippen LogP contribution in [0.4, 0.5) is 5.69 Å². The fraction of sp³-hybridized carbons (Fsp3) is 0.333. The van der Waals surface area contributed by atoms with E-state index in [0.717, 1.165) is 54.6 Å². The monoisotopic (exact) mass is 400 g/mol.